The molecule has 1 N–H and O–H groups in total. The molecule has 0 radical (unpaired) electrons. The highest BCUT2D eigenvalue weighted by atomic mass is 16.6. The van der Waals surface area contributed by atoms with E-state index in [0.29, 0.717) is 0 Å². The van der Waals surface area contributed by atoms with Gasteiger partial charge in [-0.3, -0.25) is 0 Å². The van der Waals surface area contributed by atoms with Crippen LogP contribution in [0.4, 0.5) is 0 Å². The summed E-state index contributed by atoms with van der Waals surface area (Å²) in [5.74, 6) is -1.33. The molecule has 0 amide bonds. The van der Waals surface area contributed by atoms with Gasteiger partial charge in [0.15, 0.2) is 0 Å². The van der Waals surface area contributed by atoms with E-state index in [1.54, 1.807) is 0 Å². The van der Waals surface area contributed by atoms with Crippen LogP contribution in [0.5, 0.6) is 0 Å². The molecule has 0 spiro atoms. The number of hydrogen-bond acceptors (Lipinski definition) is 2. The molecule has 3 aromatic carbocycles. The van der Waals surface area contributed by atoms with E-state index in [-0.39, 0.29) is 6.10 Å². The van der Waals surface area contributed by atoms with Crippen molar-refractivity contribution in [3.8, 4) is 0 Å². The summed E-state index contributed by atoms with van der Waals surface area (Å²) in [5, 5.41) is 13.7. The molecule has 0 saturated heterocycles. The first-order chi connectivity index (χ1) is 10.8. The van der Waals surface area contributed by atoms with Gasteiger partial charge < -0.3 is 9.84 Å². The maximum absolute atomic E-state index is 11.5. The molecule has 2 aliphatic rings. The molecular weight excluding hydrogens is 272 g/mol. The molecule has 5 rings (SSSR count). The predicted molar refractivity (Wildman–Crippen MR) is 85.5 cm³/mol. The third-order valence-corrected chi connectivity index (χ3v) is 5.02. The van der Waals surface area contributed by atoms with E-state index in [2.05, 4.69) is 30.3 Å². The van der Waals surface area contributed by atoms with Gasteiger partial charge in [0.1, 0.15) is 0 Å². The lowest BCUT2D eigenvalue weighted by Crippen LogP contribution is -2.27. The Morgan fingerprint density at radius 3 is 2.73 bits per heavy atom. The topological polar surface area (TPSA) is 29.5 Å². The van der Waals surface area contributed by atoms with Crippen LogP contribution in [-0.4, -0.2) is 5.11 Å². The first-order valence-electron chi connectivity index (χ1n) is 7.78. The summed E-state index contributed by atoms with van der Waals surface area (Å²) in [7, 11) is 0. The van der Waals surface area contributed by atoms with E-state index in [0.717, 1.165) is 40.3 Å². The number of fused-ring (bicyclic) bond motifs is 9. The summed E-state index contributed by atoms with van der Waals surface area (Å²) in [4.78, 5) is 0. The molecule has 0 fully saturated rings. The molecule has 0 aromatic heterocycles. The van der Waals surface area contributed by atoms with E-state index in [4.69, 9.17) is 4.74 Å². The Hall–Kier alpha value is -2.16. The van der Waals surface area contributed by atoms with Crippen molar-refractivity contribution in [2.75, 3.05) is 0 Å². The molecule has 2 nitrogen and oxygen atoms in total. The van der Waals surface area contributed by atoms with Crippen molar-refractivity contribution in [1.82, 2.24) is 0 Å². The van der Waals surface area contributed by atoms with Crippen molar-refractivity contribution in [3.63, 3.8) is 0 Å². The van der Waals surface area contributed by atoms with Crippen molar-refractivity contribution in [2.24, 2.45) is 0 Å². The molecular formula is C20H16O2. The van der Waals surface area contributed by atoms with Crippen molar-refractivity contribution in [3.05, 3.63) is 82.9 Å². The molecule has 3 aromatic rings. The Balaban J connectivity index is 1.91. The van der Waals surface area contributed by atoms with E-state index in [9.17, 15) is 5.11 Å². The second kappa shape index (κ2) is 4.19. The normalized spacial score (nSPS) is 25.6. The maximum atomic E-state index is 11.5. The highest BCUT2D eigenvalue weighted by Gasteiger charge is 2.48. The Kier molecular flexibility index (Phi) is 2.36. The van der Waals surface area contributed by atoms with Crippen LogP contribution in [0.3, 0.4) is 0 Å². The van der Waals surface area contributed by atoms with Crippen LogP contribution < -0.4 is 0 Å². The fraction of sp³-hybridized carbons (Fsp3) is 0.200. The number of rotatable bonds is 0. The first kappa shape index (κ1) is 12.4. The fourth-order valence-electron chi connectivity index (χ4n) is 4.03. The van der Waals surface area contributed by atoms with Crippen molar-refractivity contribution in [2.45, 2.75) is 24.7 Å². The second-order valence-corrected chi connectivity index (χ2v) is 6.20. The molecule has 2 atom stereocenters. The van der Waals surface area contributed by atoms with Crippen molar-refractivity contribution >= 4 is 10.8 Å². The zero-order valence-corrected chi connectivity index (χ0v) is 12.1. The zero-order valence-electron chi connectivity index (χ0n) is 12.1. The fourth-order valence-corrected chi connectivity index (χ4v) is 4.03. The summed E-state index contributed by atoms with van der Waals surface area (Å²) < 4.78 is 6.17. The lowest BCUT2D eigenvalue weighted by atomic mass is 9.84. The minimum absolute atomic E-state index is 0.0305. The van der Waals surface area contributed by atoms with E-state index >= 15 is 0 Å². The average Bonchev–Trinajstić information content (AvgIpc) is 2.77. The molecule has 2 heterocycles. The summed E-state index contributed by atoms with van der Waals surface area (Å²) in [6.07, 6.45) is 1.82. The highest BCUT2D eigenvalue weighted by molar-refractivity contribution is 5.88. The standard InChI is InChI=1S/C20H16O2/c21-20-17-8-4-2-6-14(17)10-12-18(22-20)16-11-9-13-5-1-3-7-15(13)19(16)20/h1-9,11,18,21H,10,12H2. The number of aryl methyl sites for hydroxylation is 1. The summed E-state index contributed by atoms with van der Waals surface area (Å²) in [6, 6.07) is 20.6. The van der Waals surface area contributed by atoms with Crippen LogP contribution in [0.2, 0.25) is 0 Å². The first-order valence-corrected chi connectivity index (χ1v) is 7.78. The molecule has 2 unspecified atom stereocenters. The van der Waals surface area contributed by atoms with Crippen LogP contribution in [0.25, 0.3) is 10.8 Å². The summed E-state index contributed by atoms with van der Waals surface area (Å²) in [6.45, 7) is 0. The van der Waals surface area contributed by atoms with E-state index < -0.39 is 5.79 Å². The molecule has 2 bridgehead atoms. The summed E-state index contributed by atoms with van der Waals surface area (Å²) >= 11 is 0. The second-order valence-electron chi connectivity index (χ2n) is 6.20. The number of hydrogen-bond donors (Lipinski definition) is 1. The SMILES string of the molecule is OC12OC(CCc3ccccc31)c1ccc3ccccc3c12. The Morgan fingerprint density at radius 1 is 0.955 bits per heavy atom. The van der Waals surface area contributed by atoms with Gasteiger partial charge in [-0.1, -0.05) is 60.7 Å². The predicted octanol–water partition coefficient (Wildman–Crippen LogP) is 4.05. The summed E-state index contributed by atoms with van der Waals surface area (Å²) in [5.41, 5.74) is 4.15. The lowest BCUT2D eigenvalue weighted by molar-refractivity contribution is -0.190. The lowest BCUT2D eigenvalue weighted by Gasteiger charge is -2.26. The zero-order chi connectivity index (χ0) is 14.7. The van der Waals surface area contributed by atoms with Crippen LogP contribution in [0.1, 0.15) is 34.8 Å². The van der Waals surface area contributed by atoms with Crippen LogP contribution in [-0.2, 0) is 16.9 Å². The Morgan fingerprint density at radius 2 is 1.77 bits per heavy atom. The highest BCUT2D eigenvalue weighted by Crippen LogP contribution is 2.52. The monoisotopic (exact) mass is 288 g/mol. The van der Waals surface area contributed by atoms with E-state index in [1.807, 2.05) is 30.3 Å². The largest absolute Gasteiger partial charge is 0.358 e. The Bertz CT molecular complexity index is 899. The van der Waals surface area contributed by atoms with E-state index in [1.165, 1.54) is 5.56 Å². The third-order valence-electron chi connectivity index (χ3n) is 5.02. The van der Waals surface area contributed by atoms with Crippen molar-refractivity contribution in [1.29, 1.82) is 0 Å². The molecule has 108 valence electrons. The van der Waals surface area contributed by atoms with Crippen LogP contribution >= 0.6 is 0 Å². The van der Waals surface area contributed by atoms with Gasteiger partial charge in [-0.05, 0) is 34.7 Å². The molecule has 2 heteroatoms. The van der Waals surface area contributed by atoms with Crippen LogP contribution in [0.15, 0.2) is 60.7 Å². The number of benzene rings is 3. The minimum Gasteiger partial charge on any atom is -0.358 e. The molecule has 0 saturated carbocycles. The Labute approximate surface area is 129 Å². The van der Waals surface area contributed by atoms with Gasteiger partial charge in [-0.15, -0.1) is 0 Å². The molecule has 0 aliphatic carbocycles. The minimum atomic E-state index is -1.33. The quantitative estimate of drug-likeness (QED) is 0.676. The van der Waals surface area contributed by atoms with Gasteiger partial charge in [0, 0.05) is 11.1 Å². The molecule has 2 aliphatic heterocycles. The van der Waals surface area contributed by atoms with Gasteiger partial charge in [-0.25, -0.2) is 0 Å². The van der Waals surface area contributed by atoms with Gasteiger partial charge in [-0.2, -0.15) is 0 Å². The van der Waals surface area contributed by atoms with Gasteiger partial charge in [0.25, 0.3) is 0 Å². The van der Waals surface area contributed by atoms with Gasteiger partial charge >= 0.3 is 0 Å². The third kappa shape index (κ3) is 1.46. The molecule has 22 heavy (non-hydrogen) atoms. The smallest absolute Gasteiger partial charge is 0.221 e. The number of aliphatic hydroxyl groups is 1. The average molecular weight is 288 g/mol. The number of ether oxygens (including phenoxy) is 1. The van der Waals surface area contributed by atoms with Crippen molar-refractivity contribution < 1.29 is 9.84 Å². The van der Waals surface area contributed by atoms with Crippen LogP contribution in [0, 0.1) is 0 Å². The maximum Gasteiger partial charge on any atom is 0.221 e. The van der Waals surface area contributed by atoms with Gasteiger partial charge in [0.05, 0.1) is 6.10 Å². The van der Waals surface area contributed by atoms with Gasteiger partial charge in [0.2, 0.25) is 5.79 Å².